The number of nitrogens with zero attached hydrogens (tertiary/aromatic N) is 5. The highest BCUT2D eigenvalue weighted by atomic mass is 16.5. The van der Waals surface area contributed by atoms with Crippen molar-refractivity contribution in [3.05, 3.63) is 48.1 Å². The second-order valence-corrected chi connectivity index (χ2v) is 6.02. The zero-order valence-corrected chi connectivity index (χ0v) is 13.6. The molecule has 7 nitrogen and oxygen atoms in total. The Labute approximate surface area is 139 Å². The monoisotopic (exact) mass is 325 g/mol. The predicted molar refractivity (Wildman–Crippen MR) is 88.4 cm³/mol. The lowest BCUT2D eigenvalue weighted by Gasteiger charge is -2.33. The summed E-state index contributed by atoms with van der Waals surface area (Å²) in [6.07, 6.45) is 1.50. The van der Waals surface area contributed by atoms with Crippen LogP contribution >= 0.6 is 0 Å². The number of amides is 1. The van der Waals surface area contributed by atoms with E-state index in [4.69, 9.17) is 9.51 Å². The van der Waals surface area contributed by atoms with Gasteiger partial charge in [-0.15, -0.1) is 0 Å². The number of carbonyl (C=O) groups is 1. The Balaban J connectivity index is 1.41. The molecule has 0 unspecified atom stereocenters. The SMILES string of the molecule is Cn1c(CN2CCN(C(=O)c3ccno3)CC2)nc2ccccc21. The van der Waals surface area contributed by atoms with Gasteiger partial charge in [-0.05, 0) is 12.1 Å². The van der Waals surface area contributed by atoms with Crippen LogP contribution < -0.4 is 0 Å². The summed E-state index contributed by atoms with van der Waals surface area (Å²) in [6, 6.07) is 9.76. The van der Waals surface area contributed by atoms with Gasteiger partial charge in [0.25, 0.3) is 5.91 Å². The highest BCUT2D eigenvalue weighted by molar-refractivity contribution is 5.91. The van der Waals surface area contributed by atoms with Crippen LogP contribution in [0.15, 0.2) is 41.1 Å². The van der Waals surface area contributed by atoms with Crippen molar-refractivity contribution >= 4 is 16.9 Å². The van der Waals surface area contributed by atoms with Crippen LogP contribution in [0.4, 0.5) is 0 Å². The van der Waals surface area contributed by atoms with E-state index in [1.165, 1.54) is 6.20 Å². The number of para-hydroxylation sites is 2. The molecule has 3 heterocycles. The number of carbonyl (C=O) groups excluding carboxylic acids is 1. The molecule has 4 rings (SSSR count). The number of fused-ring (bicyclic) bond motifs is 1. The van der Waals surface area contributed by atoms with Gasteiger partial charge in [0.15, 0.2) is 0 Å². The molecule has 0 aliphatic carbocycles. The van der Waals surface area contributed by atoms with Gasteiger partial charge in [0.2, 0.25) is 5.76 Å². The van der Waals surface area contributed by atoms with E-state index in [-0.39, 0.29) is 5.91 Å². The van der Waals surface area contributed by atoms with E-state index in [1.54, 1.807) is 6.07 Å². The maximum atomic E-state index is 12.3. The first-order valence-corrected chi connectivity index (χ1v) is 8.05. The van der Waals surface area contributed by atoms with Gasteiger partial charge in [0.1, 0.15) is 5.82 Å². The van der Waals surface area contributed by atoms with Gasteiger partial charge >= 0.3 is 0 Å². The number of aryl methyl sites for hydroxylation is 1. The third-order valence-corrected chi connectivity index (χ3v) is 4.55. The summed E-state index contributed by atoms with van der Waals surface area (Å²) in [5, 5.41) is 3.60. The van der Waals surface area contributed by atoms with Crippen molar-refractivity contribution in [2.24, 2.45) is 7.05 Å². The zero-order valence-electron chi connectivity index (χ0n) is 13.6. The van der Waals surface area contributed by atoms with Crippen LogP contribution in [-0.2, 0) is 13.6 Å². The van der Waals surface area contributed by atoms with Gasteiger partial charge in [-0.25, -0.2) is 4.98 Å². The number of benzene rings is 1. The summed E-state index contributed by atoms with van der Waals surface area (Å²) in [5.74, 6) is 1.26. The van der Waals surface area contributed by atoms with Crippen molar-refractivity contribution in [3.63, 3.8) is 0 Å². The van der Waals surface area contributed by atoms with Crippen LogP contribution in [0.2, 0.25) is 0 Å². The third-order valence-electron chi connectivity index (χ3n) is 4.55. The third kappa shape index (κ3) is 2.67. The molecule has 2 aromatic heterocycles. The lowest BCUT2D eigenvalue weighted by atomic mass is 10.3. The molecule has 1 aliphatic heterocycles. The van der Waals surface area contributed by atoms with E-state index in [2.05, 4.69) is 20.7 Å². The summed E-state index contributed by atoms with van der Waals surface area (Å²) >= 11 is 0. The zero-order chi connectivity index (χ0) is 16.5. The summed E-state index contributed by atoms with van der Waals surface area (Å²) in [7, 11) is 2.05. The molecule has 1 amide bonds. The van der Waals surface area contributed by atoms with Crippen molar-refractivity contribution in [3.8, 4) is 0 Å². The van der Waals surface area contributed by atoms with Gasteiger partial charge in [-0.3, -0.25) is 9.69 Å². The van der Waals surface area contributed by atoms with Crippen molar-refractivity contribution in [1.82, 2.24) is 24.5 Å². The summed E-state index contributed by atoms with van der Waals surface area (Å²) in [5.41, 5.74) is 2.17. The van der Waals surface area contributed by atoms with Gasteiger partial charge in [0, 0.05) is 39.3 Å². The smallest absolute Gasteiger partial charge is 0.292 e. The molecule has 1 saturated heterocycles. The quantitative estimate of drug-likeness (QED) is 0.730. The summed E-state index contributed by atoms with van der Waals surface area (Å²) in [6.45, 7) is 3.80. The predicted octanol–water partition coefficient (Wildman–Crippen LogP) is 1.52. The Kier molecular flexibility index (Phi) is 3.78. The number of hydrogen-bond acceptors (Lipinski definition) is 5. The molecule has 0 radical (unpaired) electrons. The summed E-state index contributed by atoms with van der Waals surface area (Å²) in [4.78, 5) is 21.1. The number of piperazine rings is 1. The number of hydrogen-bond donors (Lipinski definition) is 0. The Hall–Kier alpha value is -2.67. The average Bonchev–Trinajstić information content (AvgIpc) is 3.25. The van der Waals surface area contributed by atoms with E-state index in [1.807, 2.05) is 30.1 Å². The molecule has 124 valence electrons. The van der Waals surface area contributed by atoms with E-state index in [9.17, 15) is 4.79 Å². The Morgan fingerprint density at radius 1 is 1.17 bits per heavy atom. The van der Waals surface area contributed by atoms with Crippen molar-refractivity contribution in [1.29, 1.82) is 0 Å². The second-order valence-electron chi connectivity index (χ2n) is 6.02. The lowest BCUT2D eigenvalue weighted by Crippen LogP contribution is -2.48. The van der Waals surface area contributed by atoms with Crippen LogP contribution in [0.1, 0.15) is 16.4 Å². The van der Waals surface area contributed by atoms with Crippen molar-refractivity contribution < 1.29 is 9.32 Å². The molecule has 1 aromatic carbocycles. The first-order valence-electron chi connectivity index (χ1n) is 8.05. The largest absolute Gasteiger partial charge is 0.351 e. The highest BCUT2D eigenvalue weighted by Gasteiger charge is 2.24. The first kappa shape index (κ1) is 14.9. The molecule has 0 spiro atoms. The van der Waals surface area contributed by atoms with Crippen molar-refractivity contribution in [2.45, 2.75) is 6.54 Å². The summed E-state index contributed by atoms with van der Waals surface area (Å²) < 4.78 is 7.09. The molecule has 1 aliphatic rings. The van der Waals surface area contributed by atoms with Gasteiger partial charge in [-0.2, -0.15) is 0 Å². The molecule has 0 bridgehead atoms. The number of aromatic nitrogens is 3. The van der Waals surface area contributed by atoms with Crippen LogP contribution in [-0.4, -0.2) is 56.6 Å². The van der Waals surface area contributed by atoms with Gasteiger partial charge < -0.3 is 14.0 Å². The van der Waals surface area contributed by atoms with Crippen LogP contribution in [0.5, 0.6) is 0 Å². The molecule has 7 heteroatoms. The average molecular weight is 325 g/mol. The van der Waals surface area contributed by atoms with Crippen LogP contribution in [0.3, 0.4) is 0 Å². The normalized spacial score (nSPS) is 16.0. The molecule has 1 fully saturated rings. The Morgan fingerprint density at radius 2 is 1.96 bits per heavy atom. The molecule has 0 atom stereocenters. The standard InChI is InChI=1S/C17H19N5O2/c1-20-14-5-3-2-4-13(14)19-16(20)12-21-8-10-22(11-9-21)17(23)15-6-7-18-24-15/h2-7H,8-12H2,1H3. The first-order chi connectivity index (χ1) is 11.7. The fourth-order valence-corrected chi connectivity index (χ4v) is 3.13. The maximum absolute atomic E-state index is 12.3. The molecule has 0 saturated carbocycles. The van der Waals surface area contributed by atoms with Crippen molar-refractivity contribution in [2.75, 3.05) is 26.2 Å². The van der Waals surface area contributed by atoms with E-state index in [0.29, 0.717) is 18.8 Å². The van der Waals surface area contributed by atoms with E-state index in [0.717, 1.165) is 36.5 Å². The minimum Gasteiger partial charge on any atom is -0.351 e. The fourth-order valence-electron chi connectivity index (χ4n) is 3.13. The fraction of sp³-hybridized carbons (Fsp3) is 0.353. The minimum absolute atomic E-state index is 0.0881. The highest BCUT2D eigenvalue weighted by Crippen LogP contribution is 2.16. The molecule has 0 N–H and O–H groups in total. The number of imidazole rings is 1. The topological polar surface area (TPSA) is 67.4 Å². The second kappa shape index (κ2) is 6.09. The Morgan fingerprint density at radius 3 is 2.67 bits per heavy atom. The van der Waals surface area contributed by atoms with Crippen LogP contribution in [0, 0.1) is 0 Å². The molecular formula is C17H19N5O2. The lowest BCUT2D eigenvalue weighted by molar-refractivity contribution is 0.0585. The minimum atomic E-state index is -0.0881. The van der Waals surface area contributed by atoms with Crippen LogP contribution in [0.25, 0.3) is 11.0 Å². The van der Waals surface area contributed by atoms with E-state index >= 15 is 0 Å². The number of rotatable bonds is 3. The van der Waals surface area contributed by atoms with Gasteiger partial charge in [-0.1, -0.05) is 17.3 Å². The maximum Gasteiger partial charge on any atom is 0.292 e. The Bertz CT molecular complexity index is 847. The molecule has 24 heavy (non-hydrogen) atoms. The molecular weight excluding hydrogens is 306 g/mol. The van der Waals surface area contributed by atoms with Gasteiger partial charge in [0.05, 0.1) is 23.8 Å². The van der Waals surface area contributed by atoms with E-state index < -0.39 is 0 Å². The molecule has 3 aromatic rings.